The van der Waals surface area contributed by atoms with Crippen LogP contribution in [0.2, 0.25) is 0 Å². The molecule has 0 atom stereocenters. The first-order valence-corrected chi connectivity index (χ1v) is 8.63. The van der Waals surface area contributed by atoms with Crippen LogP contribution in [-0.2, 0) is 13.0 Å². The Balaban J connectivity index is 1.84. The fourth-order valence-electron chi connectivity index (χ4n) is 2.54. The number of benzene rings is 2. The summed E-state index contributed by atoms with van der Waals surface area (Å²) < 4.78 is 11.4. The molecule has 130 valence electrons. The first-order valence-electron chi connectivity index (χ1n) is 8.63. The van der Waals surface area contributed by atoms with Gasteiger partial charge < -0.3 is 19.7 Å². The maximum atomic E-state index is 5.91. The molecule has 2 aromatic rings. The van der Waals surface area contributed by atoms with Crippen LogP contribution in [0.25, 0.3) is 0 Å². The summed E-state index contributed by atoms with van der Waals surface area (Å²) in [6, 6.07) is 16.6. The normalized spacial score (nSPS) is 10.8. The Morgan fingerprint density at radius 2 is 1.75 bits per heavy atom. The molecule has 0 aliphatic heterocycles. The van der Waals surface area contributed by atoms with Gasteiger partial charge in [-0.15, -0.1) is 0 Å². The van der Waals surface area contributed by atoms with Gasteiger partial charge in [0.15, 0.2) is 11.5 Å². The van der Waals surface area contributed by atoms with Crippen molar-refractivity contribution in [3.63, 3.8) is 0 Å². The summed E-state index contributed by atoms with van der Waals surface area (Å²) in [6.45, 7) is 3.91. The van der Waals surface area contributed by atoms with E-state index in [-0.39, 0.29) is 0 Å². The van der Waals surface area contributed by atoms with Gasteiger partial charge in [0, 0.05) is 12.0 Å². The van der Waals surface area contributed by atoms with E-state index in [1.807, 2.05) is 12.1 Å². The van der Waals surface area contributed by atoms with Gasteiger partial charge in [0.2, 0.25) is 0 Å². The molecule has 0 amide bonds. The van der Waals surface area contributed by atoms with Gasteiger partial charge in [-0.05, 0) is 23.8 Å². The highest BCUT2D eigenvalue weighted by Gasteiger charge is 2.07. The predicted octanol–water partition coefficient (Wildman–Crippen LogP) is 0.525. The lowest BCUT2D eigenvalue weighted by atomic mass is 10.1. The van der Waals surface area contributed by atoms with Crippen LogP contribution in [0, 0.1) is 0 Å². The molecule has 3 N–H and O–H groups in total. The number of nitrogens with one attached hydrogen (secondary N) is 1. The molecule has 0 aliphatic carbocycles. The molecule has 2 rings (SSSR count). The zero-order valence-corrected chi connectivity index (χ0v) is 15.0. The molecule has 0 saturated carbocycles. The summed E-state index contributed by atoms with van der Waals surface area (Å²) >= 11 is 0. The molecule has 0 aliphatic rings. The number of methoxy groups -OCH3 is 1. The average Bonchev–Trinajstić information content (AvgIpc) is 2.60. The molecule has 24 heavy (non-hydrogen) atoms. The smallest absolute Gasteiger partial charge is 0.161 e. The summed E-state index contributed by atoms with van der Waals surface area (Å²) in [7, 11) is 6.05. The fraction of sp³-hybridized carbons (Fsp3) is 0.400. The molecule has 0 aromatic heterocycles. The zero-order valence-electron chi connectivity index (χ0n) is 15.0. The van der Waals surface area contributed by atoms with Gasteiger partial charge in [0.05, 0.1) is 27.8 Å². The minimum Gasteiger partial charge on any atom is -0.493 e. The Hall–Kier alpha value is -2.04. The highest BCUT2D eigenvalue weighted by atomic mass is 16.5. The fourth-order valence-corrected chi connectivity index (χ4v) is 2.54. The maximum Gasteiger partial charge on any atom is 0.161 e. The van der Waals surface area contributed by atoms with E-state index in [2.05, 4.69) is 55.8 Å². The van der Waals surface area contributed by atoms with E-state index in [1.54, 1.807) is 7.11 Å². The number of quaternary nitrogens is 2. The van der Waals surface area contributed by atoms with Crippen LogP contribution < -0.4 is 19.7 Å². The molecule has 0 radical (unpaired) electrons. The van der Waals surface area contributed by atoms with E-state index in [0.717, 1.165) is 37.6 Å². The quantitative estimate of drug-likeness (QED) is 0.624. The Kier molecular flexibility index (Phi) is 7.59. The molecule has 0 unspecified atom stereocenters. The summed E-state index contributed by atoms with van der Waals surface area (Å²) in [5, 5.41) is 2.33. The first kappa shape index (κ1) is 18.3. The lowest BCUT2D eigenvalue weighted by molar-refractivity contribution is -0.875. The van der Waals surface area contributed by atoms with Gasteiger partial charge >= 0.3 is 0 Å². The van der Waals surface area contributed by atoms with Crippen LogP contribution >= 0.6 is 0 Å². The van der Waals surface area contributed by atoms with E-state index in [9.17, 15) is 0 Å². The van der Waals surface area contributed by atoms with E-state index in [4.69, 9.17) is 9.47 Å². The molecule has 0 saturated heterocycles. The molecule has 4 heteroatoms. The van der Waals surface area contributed by atoms with Gasteiger partial charge in [-0.1, -0.05) is 30.3 Å². The van der Waals surface area contributed by atoms with Crippen molar-refractivity contribution in [2.24, 2.45) is 0 Å². The molecular formula is C20H30N2O2+2. The van der Waals surface area contributed by atoms with Gasteiger partial charge in [-0.3, -0.25) is 0 Å². The van der Waals surface area contributed by atoms with Crippen LogP contribution in [0.1, 0.15) is 11.1 Å². The molecule has 0 spiro atoms. The van der Waals surface area contributed by atoms with Gasteiger partial charge in [0.1, 0.15) is 19.6 Å². The van der Waals surface area contributed by atoms with Crippen molar-refractivity contribution in [3.8, 4) is 11.5 Å². The third-order valence-corrected chi connectivity index (χ3v) is 3.95. The largest absolute Gasteiger partial charge is 0.493 e. The zero-order chi connectivity index (χ0) is 17.2. The van der Waals surface area contributed by atoms with Crippen LogP contribution in [0.15, 0.2) is 48.5 Å². The maximum absolute atomic E-state index is 5.91. The molecule has 4 nitrogen and oxygen atoms in total. The van der Waals surface area contributed by atoms with Crippen molar-refractivity contribution < 1.29 is 19.7 Å². The molecule has 2 aromatic carbocycles. The second-order valence-corrected chi connectivity index (χ2v) is 6.31. The number of ether oxygens (including phenoxy) is 2. The van der Waals surface area contributed by atoms with Gasteiger partial charge in [-0.25, -0.2) is 0 Å². The van der Waals surface area contributed by atoms with Crippen molar-refractivity contribution >= 4 is 0 Å². The third kappa shape index (κ3) is 6.22. The van der Waals surface area contributed by atoms with Crippen LogP contribution in [-0.4, -0.2) is 40.9 Å². The predicted molar refractivity (Wildman–Crippen MR) is 96.8 cm³/mol. The van der Waals surface area contributed by atoms with Gasteiger partial charge in [0.25, 0.3) is 0 Å². The standard InChI is InChI=1S/C20H28N2O2/c1-22(2)13-12-21-16-18-9-10-19(20(15-18)23-3)24-14-11-17-7-5-4-6-8-17/h4-10,15,21H,11-14,16H2,1-3H3/p+2. The summed E-state index contributed by atoms with van der Waals surface area (Å²) in [5.74, 6) is 1.63. The van der Waals surface area contributed by atoms with Gasteiger partial charge in [-0.2, -0.15) is 0 Å². The van der Waals surface area contributed by atoms with Crippen molar-refractivity contribution in [1.29, 1.82) is 0 Å². The highest BCUT2D eigenvalue weighted by Crippen LogP contribution is 2.27. The molecular weight excluding hydrogens is 300 g/mol. The SMILES string of the molecule is COc1cc(C[NH2+]CC[NH+](C)C)ccc1OCCc1ccccc1. The molecule has 0 fully saturated rings. The Morgan fingerprint density at radius 3 is 2.46 bits per heavy atom. The summed E-state index contributed by atoms with van der Waals surface area (Å²) in [6.07, 6.45) is 0.895. The monoisotopic (exact) mass is 330 g/mol. The lowest BCUT2D eigenvalue weighted by Gasteiger charge is -2.12. The van der Waals surface area contributed by atoms with Crippen LogP contribution in [0.4, 0.5) is 0 Å². The lowest BCUT2D eigenvalue weighted by Crippen LogP contribution is -3.09. The van der Waals surface area contributed by atoms with E-state index in [0.29, 0.717) is 6.61 Å². The Bertz CT molecular complexity index is 600. The van der Waals surface area contributed by atoms with E-state index < -0.39 is 0 Å². The van der Waals surface area contributed by atoms with Crippen LogP contribution in [0.3, 0.4) is 0 Å². The number of rotatable bonds is 10. The first-order chi connectivity index (χ1) is 11.7. The number of hydrogen-bond donors (Lipinski definition) is 2. The minimum absolute atomic E-state index is 0.650. The topological polar surface area (TPSA) is 39.5 Å². The van der Waals surface area contributed by atoms with Crippen molar-refractivity contribution in [1.82, 2.24) is 0 Å². The number of hydrogen-bond acceptors (Lipinski definition) is 2. The Morgan fingerprint density at radius 1 is 0.958 bits per heavy atom. The second-order valence-electron chi connectivity index (χ2n) is 6.31. The summed E-state index contributed by atoms with van der Waals surface area (Å²) in [5.41, 5.74) is 2.54. The number of likely N-dealkylation sites (N-methyl/N-ethyl adjacent to an activating group) is 1. The molecule has 0 bridgehead atoms. The average molecular weight is 330 g/mol. The highest BCUT2D eigenvalue weighted by molar-refractivity contribution is 5.42. The van der Waals surface area contributed by atoms with Crippen molar-refractivity contribution in [3.05, 3.63) is 59.7 Å². The number of nitrogens with two attached hydrogens (primary N) is 1. The summed E-state index contributed by atoms with van der Waals surface area (Å²) in [4.78, 5) is 1.48. The molecule has 0 heterocycles. The minimum atomic E-state index is 0.650. The van der Waals surface area contributed by atoms with Crippen molar-refractivity contribution in [2.45, 2.75) is 13.0 Å². The van der Waals surface area contributed by atoms with E-state index >= 15 is 0 Å². The second kappa shape index (κ2) is 9.96. The van der Waals surface area contributed by atoms with Crippen molar-refractivity contribution in [2.75, 3.05) is 40.9 Å². The van der Waals surface area contributed by atoms with E-state index in [1.165, 1.54) is 16.0 Å². The van der Waals surface area contributed by atoms with Crippen LogP contribution in [0.5, 0.6) is 11.5 Å². The Labute approximate surface area is 145 Å². The third-order valence-electron chi connectivity index (χ3n) is 3.95.